The van der Waals surface area contributed by atoms with Crippen LogP contribution in [0.4, 0.5) is 17.6 Å². The number of halogens is 5. The van der Waals surface area contributed by atoms with Crippen LogP contribution in [0.3, 0.4) is 0 Å². The molecule has 0 saturated carbocycles. The third-order valence-corrected chi connectivity index (χ3v) is 5.72. The van der Waals surface area contributed by atoms with E-state index in [4.69, 9.17) is 16.3 Å². The first-order valence-corrected chi connectivity index (χ1v) is 11.1. The standard InChI is InChI=1S/C25H24ClF4N3O2/c1-31-24(34)23(16-5-8-18(27)9-6-16)33-20(19-13-17(26)7-11-21(19)35-2)10-3-15-4-12-22(32-14-15)25(28,29)30/h4-9,11-14,20,23,33H,3,10H2,1-2H3,(H,31,34)/t20-,23+/m0/s1. The van der Waals surface area contributed by atoms with Crippen LogP contribution in [0.2, 0.25) is 5.02 Å². The highest BCUT2D eigenvalue weighted by atomic mass is 35.5. The SMILES string of the molecule is CNC(=O)[C@H](N[C@@H](CCc1ccc(C(F)(F)F)nc1)c1cc(Cl)ccc1OC)c1ccc(F)cc1. The molecule has 3 aromatic rings. The molecular weight excluding hydrogens is 486 g/mol. The van der Waals surface area contributed by atoms with Gasteiger partial charge in [-0.25, -0.2) is 4.39 Å². The largest absolute Gasteiger partial charge is 0.496 e. The van der Waals surface area contributed by atoms with E-state index in [1.165, 1.54) is 50.7 Å². The number of rotatable bonds is 9. The molecule has 2 atom stereocenters. The fourth-order valence-electron chi connectivity index (χ4n) is 3.68. The van der Waals surface area contributed by atoms with E-state index >= 15 is 0 Å². The summed E-state index contributed by atoms with van der Waals surface area (Å²) in [6.07, 6.45) is -2.61. The summed E-state index contributed by atoms with van der Waals surface area (Å²) in [6, 6.07) is 11.6. The minimum Gasteiger partial charge on any atom is -0.496 e. The molecule has 1 aromatic heterocycles. The summed E-state index contributed by atoms with van der Waals surface area (Å²) in [5.74, 6) is -0.265. The van der Waals surface area contributed by atoms with Crippen molar-refractivity contribution < 1.29 is 27.1 Å². The maximum Gasteiger partial charge on any atom is 0.433 e. The maximum absolute atomic E-state index is 13.5. The highest BCUT2D eigenvalue weighted by Crippen LogP contribution is 2.33. The van der Waals surface area contributed by atoms with Crippen molar-refractivity contribution in [2.75, 3.05) is 14.2 Å². The Bertz CT molecular complexity index is 1140. The second kappa shape index (κ2) is 11.5. The van der Waals surface area contributed by atoms with Crippen LogP contribution in [-0.2, 0) is 17.4 Å². The Labute approximate surface area is 205 Å². The minimum absolute atomic E-state index is 0.348. The Balaban J connectivity index is 1.94. The zero-order valence-electron chi connectivity index (χ0n) is 19.0. The number of likely N-dealkylation sites (N-methyl/N-ethyl adjacent to an activating group) is 1. The number of aromatic nitrogens is 1. The topological polar surface area (TPSA) is 63.2 Å². The highest BCUT2D eigenvalue weighted by Gasteiger charge is 2.32. The van der Waals surface area contributed by atoms with Gasteiger partial charge in [-0.15, -0.1) is 0 Å². The Morgan fingerprint density at radius 3 is 2.40 bits per heavy atom. The Kier molecular flexibility index (Phi) is 8.69. The molecule has 10 heteroatoms. The van der Waals surface area contributed by atoms with E-state index in [9.17, 15) is 22.4 Å². The Hall–Kier alpha value is -3.17. The van der Waals surface area contributed by atoms with Gasteiger partial charge in [-0.2, -0.15) is 13.2 Å². The molecule has 0 aliphatic carbocycles. The van der Waals surface area contributed by atoms with Gasteiger partial charge in [-0.05, 0) is 60.4 Å². The number of carbonyl (C=O) groups is 1. The quantitative estimate of drug-likeness (QED) is 0.366. The smallest absolute Gasteiger partial charge is 0.433 e. The van der Waals surface area contributed by atoms with Crippen molar-refractivity contribution >= 4 is 17.5 Å². The predicted octanol–water partition coefficient (Wildman–Crippen LogP) is 5.65. The maximum atomic E-state index is 13.5. The van der Waals surface area contributed by atoms with Gasteiger partial charge in [0.2, 0.25) is 5.91 Å². The van der Waals surface area contributed by atoms with Crippen LogP contribution >= 0.6 is 11.6 Å². The molecule has 0 radical (unpaired) electrons. The molecule has 1 amide bonds. The Morgan fingerprint density at radius 2 is 1.83 bits per heavy atom. The molecule has 0 aliphatic rings. The van der Waals surface area contributed by atoms with Crippen molar-refractivity contribution in [3.8, 4) is 5.75 Å². The number of carbonyl (C=O) groups excluding carboxylic acids is 1. The molecule has 0 fully saturated rings. The second-order valence-electron chi connectivity index (χ2n) is 7.79. The Morgan fingerprint density at radius 1 is 1.11 bits per heavy atom. The van der Waals surface area contributed by atoms with Crippen molar-refractivity contribution in [2.24, 2.45) is 0 Å². The number of alkyl halides is 3. The second-order valence-corrected chi connectivity index (χ2v) is 8.23. The molecule has 0 saturated heterocycles. The van der Waals surface area contributed by atoms with E-state index < -0.39 is 29.8 Å². The third-order valence-electron chi connectivity index (χ3n) is 5.48. The van der Waals surface area contributed by atoms with Gasteiger partial charge in [0.25, 0.3) is 0 Å². The van der Waals surface area contributed by atoms with E-state index in [0.717, 1.165) is 6.07 Å². The molecule has 2 N–H and O–H groups in total. The lowest BCUT2D eigenvalue weighted by Crippen LogP contribution is -2.38. The van der Waals surface area contributed by atoms with E-state index in [1.54, 1.807) is 18.2 Å². The van der Waals surface area contributed by atoms with Gasteiger partial charge in [0.15, 0.2) is 0 Å². The number of hydrogen-bond donors (Lipinski definition) is 2. The average molecular weight is 510 g/mol. The number of pyridine rings is 1. The predicted molar refractivity (Wildman–Crippen MR) is 125 cm³/mol. The van der Waals surface area contributed by atoms with Crippen LogP contribution in [0.15, 0.2) is 60.8 Å². The highest BCUT2D eigenvalue weighted by molar-refractivity contribution is 6.30. The number of hydrogen-bond acceptors (Lipinski definition) is 4. The summed E-state index contributed by atoms with van der Waals surface area (Å²) in [6.45, 7) is 0. The molecule has 5 nitrogen and oxygen atoms in total. The van der Waals surface area contributed by atoms with Crippen LogP contribution in [-0.4, -0.2) is 25.0 Å². The first-order valence-electron chi connectivity index (χ1n) is 10.7. The fraction of sp³-hybridized carbons (Fsp3) is 0.280. The zero-order valence-corrected chi connectivity index (χ0v) is 19.8. The normalized spacial score (nSPS) is 13.2. The molecule has 2 aromatic carbocycles. The van der Waals surface area contributed by atoms with Gasteiger partial charge in [0.05, 0.1) is 7.11 Å². The number of nitrogens with one attached hydrogen (secondary N) is 2. The van der Waals surface area contributed by atoms with E-state index in [2.05, 4.69) is 15.6 Å². The molecule has 0 aliphatic heterocycles. The van der Waals surface area contributed by atoms with Crippen LogP contribution in [0, 0.1) is 5.82 Å². The van der Waals surface area contributed by atoms with Gasteiger partial charge in [-0.1, -0.05) is 29.8 Å². The molecule has 0 bridgehead atoms. The van der Waals surface area contributed by atoms with Crippen molar-refractivity contribution in [3.05, 3.63) is 94.0 Å². The van der Waals surface area contributed by atoms with Gasteiger partial charge < -0.3 is 10.1 Å². The minimum atomic E-state index is -4.52. The van der Waals surface area contributed by atoms with Crippen molar-refractivity contribution in [3.63, 3.8) is 0 Å². The molecule has 1 heterocycles. The van der Waals surface area contributed by atoms with Crippen molar-refractivity contribution in [1.29, 1.82) is 0 Å². The summed E-state index contributed by atoms with van der Waals surface area (Å²) in [4.78, 5) is 16.3. The number of benzene rings is 2. The first kappa shape index (κ1) is 26.4. The van der Waals surface area contributed by atoms with E-state index in [0.29, 0.717) is 40.3 Å². The monoisotopic (exact) mass is 509 g/mol. The summed E-state index contributed by atoms with van der Waals surface area (Å²) < 4.78 is 57.5. The van der Waals surface area contributed by atoms with Crippen LogP contribution in [0.25, 0.3) is 0 Å². The number of methoxy groups -OCH3 is 1. The lowest BCUT2D eigenvalue weighted by atomic mass is 9.96. The van der Waals surface area contributed by atoms with Gasteiger partial charge >= 0.3 is 6.18 Å². The first-order chi connectivity index (χ1) is 16.6. The van der Waals surface area contributed by atoms with Gasteiger partial charge in [0.1, 0.15) is 23.3 Å². The molecular formula is C25H24ClF4N3O2. The van der Waals surface area contributed by atoms with Gasteiger partial charge in [0, 0.05) is 29.9 Å². The van der Waals surface area contributed by atoms with Crippen LogP contribution in [0.1, 0.15) is 40.9 Å². The number of amides is 1. The van der Waals surface area contributed by atoms with Crippen LogP contribution in [0.5, 0.6) is 5.75 Å². The summed E-state index contributed by atoms with van der Waals surface area (Å²) >= 11 is 6.24. The number of nitrogens with zero attached hydrogens (tertiary/aromatic N) is 1. The van der Waals surface area contributed by atoms with Crippen LogP contribution < -0.4 is 15.4 Å². The number of ether oxygens (including phenoxy) is 1. The van der Waals surface area contributed by atoms with Crippen molar-refractivity contribution in [1.82, 2.24) is 15.6 Å². The number of aryl methyl sites for hydroxylation is 1. The van der Waals surface area contributed by atoms with E-state index in [-0.39, 0.29) is 5.91 Å². The lowest BCUT2D eigenvalue weighted by molar-refractivity contribution is -0.141. The molecule has 3 rings (SSSR count). The molecule has 35 heavy (non-hydrogen) atoms. The summed E-state index contributed by atoms with van der Waals surface area (Å²) in [7, 11) is 2.99. The molecule has 0 spiro atoms. The summed E-state index contributed by atoms with van der Waals surface area (Å²) in [5.41, 5.74) is 0.816. The molecule has 186 valence electrons. The fourth-order valence-corrected chi connectivity index (χ4v) is 3.86. The third kappa shape index (κ3) is 6.93. The van der Waals surface area contributed by atoms with E-state index in [1.807, 2.05) is 0 Å². The van der Waals surface area contributed by atoms with Crippen molar-refractivity contribution in [2.45, 2.75) is 31.1 Å². The van der Waals surface area contributed by atoms with Gasteiger partial charge in [-0.3, -0.25) is 15.1 Å². The molecule has 0 unspecified atom stereocenters. The zero-order chi connectivity index (χ0) is 25.6. The average Bonchev–Trinajstić information content (AvgIpc) is 2.84. The summed E-state index contributed by atoms with van der Waals surface area (Å²) in [5, 5.41) is 6.34. The lowest BCUT2D eigenvalue weighted by Gasteiger charge is -2.27.